The van der Waals surface area contributed by atoms with Gasteiger partial charge in [-0.3, -0.25) is 4.68 Å². The van der Waals surface area contributed by atoms with Gasteiger partial charge in [-0.25, -0.2) is 4.79 Å². The third kappa shape index (κ3) is 5.00. The Labute approximate surface area is 135 Å². The summed E-state index contributed by atoms with van der Waals surface area (Å²) in [7, 11) is 3.46. The van der Waals surface area contributed by atoms with Crippen molar-refractivity contribution in [1.82, 2.24) is 15.1 Å². The number of hydrogen-bond donors (Lipinski definition) is 2. The summed E-state index contributed by atoms with van der Waals surface area (Å²) >= 11 is 0. The molecule has 0 saturated heterocycles. The Bertz CT molecular complexity index is 655. The molecular weight excluding hydrogens is 296 g/mol. The molecule has 0 spiro atoms. The maximum atomic E-state index is 12.1. The summed E-state index contributed by atoms with van der Waals surface area (Å²) < 4.78 is 12.3. The van der Waals surface area contributed by atoms with Gasteiger partial charge in [-0.15, -0.1) is 0 Å². The highest BCUT2D eigenvalue weighted by molar-refractivity contribution is 5.90. The van der Waals surface area contributed by atoms with Gasteiger partial charge in [0, 0.05) is 14.2 Å². The molecule has 1 aromatic carbocycles. The van der Waals surface area contributed by atoms with Gasteiger partial charge in [-0.1, -0.05) is 12.1 Å². The van der Waals surface area contributed by atoms with E-state index in [2.05, 4.69) is 15.7 Å². The first-order valence-corrected chi connectivity index (χ1v) is 7.35. The molecular formula is C16H22N4O3. The van der Waals surface area contributed by atoms with Crippen LogP contribution in [0.3, 0.4) is 0 Å². The highest BCUT2D eigenvalue weighted by Crippen LogP contribution is 2.23. The minimum Gasteiger partial charge on any atom is -0.489 e. The fourth-order valence-corrected chi connectivity index (χ4v) is 2.10. The first-order valence-electron chi connectivity index (χ1n) is 7.35. The fraction of sp³-hybridized carbons (Fsp3) is 0.375. The van der Waals surface area contributed by atoms with Gasteiger partial charge in [-0.2, -0.15) is 5.10 Å². The van der Waals surface area contributed by atoms with E-state index in [0.29, 0.717) is 31.2 Å². The van der Waals surface area contributed by atoms with Crippen molar-refractivity contribution in [1.29, 1.82) is 0 Å². The zero-order chi connectivity index (χ0) is 16.7. The number of carbonyl (C=O) groups is 1. The minimum atomic E-state index is -0.299. The van der Waals surface area contributed by atoms with Crippen LogP contribution in [0.25, 0.3) is 0 Å². The van der Waals surface area contributed by atoms with E-state index in [1.807, 2.05) is 32.2 Å². The number of hydrogen-bond acceptors (Lipinski definition) is 4. The molecule has 0 bridgehead atoms. The Hall–Kier alpha value is -2.54. The number of methoxy groups -OCH3 is 1. The number of nitrogens with one attached hydrogen (secondary N) is 2. The van der Waals surface area contributed by atoms with Gasteiger partial charge in [0.25, 0.3) is 0 Å². The molecule has 7 heteroatoms. The van der Waals surface area contributed by atoms with Crippen molar-refractivity contribution in [2.45, 2.75) is 13.5 Å². The number of carbonyl (C=O) groups excluding carboxylic acids is 1. The Kier molecular flexibility index (Phi) is 5.99. The van der Waals surface area contributed by atoms with Crippen molar-refractivity contribution in [3.05, 3.63) is 41.7 Å². The van der Waals surface area contributed by atoms with Gasteiger partial charge in [0.05, 0.1) is 30.2 Å². The summed E-state index contributed by atoms with van der Waals surface area (Å²) in [6, 6.07) is 8.91. The number of rotatable bonds is 7. The Morgan fingerprint density at radius 1 is 1.30 bits per heavy atom. The topological polar surface area (TPSA) is 77.4 Å². The number of amides is 2. The number of anilines is 1. The molecule has 124 valence electrons. The zero-order valence-corrected chi connectivity index (χ0v) is 13.6. The lowest BCUT2D eigenvalue weighted by atomic mass is 10.3. The SMILES string of the molecule is COCCOc1ccccc1NC(=O)NCc1cc(C)nn1C. The van der Waals surface area contributed by atoms with Crippen LogP contribution in [0.1, 0.15) is 11.4 Å². The van der Waals surface area contributed by atoms with Crippen molar-refractivity contribution < 1.29 is 14.3 Å². The fourth-order valence-electron chi connectivity index (χ4n) is 2.10. The average Bonchev–Trinajstić information content (AvgIpc) is 2.85. The van der Waals surface area contributed by atoms with Gasteiger partial charge < -0.3 is 20.1 Å². The van der Waals surface area contributed by atoms with Crippen molar-refractivity contribution in [3.8, 4) is 5.75 Å². The second kappa shape index (κ2) is 8.19. The molecule has 2 aromatic rings. The first-order chi connectivity index (χ1) is 11.1. The lowest BCUT2D eigenvalue weighted by Crippen LogP contribution is -2.29. The maximum absolute atomic E-state index is 12.1. The highest BCUT2D eigenvalue weighted by Gasteiger charge is 2.08. The Balaban J connectivity index is 1.91. The van der Waals surface area contributed by atoms with Crippen molar-refractivity contribution in [2.75, 3.05) is 25.6 Å². The van der Waals surface area contributed by atoms with Crippen LogP contribution in [0, 0.1) is 6.92 Å². The number of urea groups is 1. The molecule has 1 heterocycles. The number of benzene rings is 1. The van der Waals surface area contributed by atoms with Crippen molar-refractivity contribution in [3.63, 3.8) is 0 Å². The third-order valence-electron chi connectivity index (χ3n) is 3.21. The van der Waals surface area contributed by atoms with Crippen LogP contribution in [-0.4, -0.2) is 36.1 Å². The molecule has 0 saturated carbocycles. The molecule has 2 rings (SSSR count). The van der Waals surface area contributed by atoms with Gasteiger partial charge in [0.15, 0.2) is 0 Å². The van der Waals surface area contributed by atoms with Gasteiger partial charge in [0.1, 0.15) is 12.4 Å². The van der Waals surface area contributed by atoms with E-state index < -0.39 is 0 Å². The molecule has 2 amide bonds. The maximum Gasteiger partial charge on any atom is 0.319 e. The summed E-state index contributed by atoms with van der Waals surface area (Å²) in [6.07, 6.45) is 0. The molecule has 1 aromatic heterocycles. The quantitative estimate of drug-likeness (QED) is 0.766. The van der Waals surface area contributed by atoms with Crippen LogP contribution in [0.4, 0.5) is 10.5 Å². The standard InChI is InChI=1S/C16H22N4O3/c1-12-10-13(20(2)19-12)11-17-16(21)18-14-6-4-5-7-15(14)23-9-8-22-3/h4-7,10H,8-9,11H2,1-3H3,(H2,17,18,21). The van der Waals surface area contributed by atoms with Crippen LogP contribution in [-0.2, 0) is 18.3 Å². The van der Waals surface area contributed by atoms with E-state index in [0.717, 1.165) is 11.4 Å². The molecule has 0 aliphatic rings. The van der Waals surface area contributed by atoms with Gasteiger partial charge in [0.2, 0.25) is 0 Å². The number of aromatic nitrogens is 2. The second-order valence-electron chi connectivity index (χ2n) is 5.05. The van der Waals surface area contributed by atoms with Gasteiger partial charge >= 0.3 is 6.03 Å². The number of aryl methyl sites for hydroxylation is 2. The van der Waals surface area contributed by atoms with Crippen LogP contribution in [0.15, 0.2) is 30.3 Å². The van der Waals surface area contributed by atoms with E-state index in [1.165, 1.54) is 0 Å². The van der Waals surface area contributed by atoms with E-state index in [1.54, 1.807) is 23.9 Å². The summed E-state index contributed by atoms with van der Waals surface area (Å²) in [5.74, 6) is 0.607. The minimum absolute atomic E-state index is 0.299. The van der Waals surface area contributed by atoms with Crippen LogP contribution >= 0.6 is 0 Å². The Morgan fingerprint density at radius 3 is 2.78 bits per heavy atom. The van der Waals surface area contributed by atoms with Crippen LogP contribution in [0.5, 0.6) is 5.75 Å². The largest absolute Gasteiger partial charge is 0.489 e. The predicted octanol–water partition coefficient (Wildman–Crippen LogP) is 2.08. The number of para-hydroxylation sites is 2. The molecule has 23 heavy (non-hydrogen) atoms. The molecule has 7 nitrogen and oxygen atoms in total. The molecule has 0 aliphatic carbocycles. The third-order valence-corrected chi connectivity index (χ3v) is 3.21. The summed E-state index contributed by atoms with van der Waals surface area (Å²) in [4.78, 5) is 12.1. The smallest absolute Gasteiger partial charge is 0.319 e. The summed E-state index contributed by atoms with van der Waals surface area (Å²) in [5, 5.41) is 9.84. The second-order valence-corrected chi connectivity index (χ2v) is 5.05. The molecule has 0 radical (unpaired) electrons. The predicted molar refractivity (Wildman–Crippen MR) is 87.6 cm³/mol. The number of ether oxygens (including phenoxy) is 2. The molecule has 0 atom stereocenters. The van der Waals surface area contributed by atoms with E-state index in [-0.39, 0.29) is 6.03 Å². The van der Waals surface area contributed by atoms with Gasteiger partial charge in [-0.05, 0) is 25.1 Å². The Morgan fingerprint density at radius 2 is 2.09 bits per heavy atom. The monoisotopic (exact) mass is 318 g/mol. The number of nitrogens with zero attached hydrogens (tertiary/aromatic N) is 2. The normalized spacial score (nSPS) is 10.4. The lowest BCUT2D eigenvalue weighted by Gasteiger charge is -2.13. The van der Waals surface area contributed by atoms with Crippen LogP contribution < -0.4 is 15.4 Å². The zero-order valence-electron chi connectivity index (χ0n) is 13.6. The van der Waals surface area contributed by atoms with Crippen LogP contribution in [0.2, 0.25) is 0 Å². The van der Waals surface area contributed by atoms with Crippen molar-refractivity contribution >= 4 is 11.7 Å². The highest BCUT2D eigenvalue weighted by atomic mass is 16.5. The van der Waals surface area contributed by atoms with E-state index in [9.17, 15) is 4.79 Å². The molecule has 0 unspecified atom stereocenters. The van der Waals surface area contributed by atoms with E-state index in [4.69, 9.17) is 9.47 Å². The first kappa shape index (κ1) is 16.8. The average molecular weight is 318 g/mol. The lowest BCUT2D eigenvalue weighted by molar-refractivity contribution is 0.146. The van der Waals surface area contributed by atoms with Crippen molar-refractivity contribution in [2.24, 2.45) is 7.05 Å². The van der Waals surface area contributed by atoms with E-state index >= 15 is 0 Å². The molecule has 0 aliphatic heterocycles. The molecule has 2 N–H and O–H groups in total. The molecule has 0 fully saturated rings. The summed E-state index contributed by atoms with van der Waals surface area (Å²) in [5.41, 5.74) is 2.46. The summed E-state index contributed by atoms with van der Waals surface area (Å²) in [6.45, 7) is 3.22.